The van der Waals surface area contributed by atoms with Crippen molar-refractivity contribution in [3.63, 3.8) is 0 Å². The van der Waals surface area contributed by atoms with Crippen molar-refractivity contribution in [1.82, 2.24) is 0 Å². The zero-order valence-electron chi connectivity index (χ0n) is 4.71. The summed E-state index contributed by atoms with van der Waals surface area (Å²) in [5.74, 6) is 0. The van der Waals surface area contributed by atoms with Crippen LogP contribution in [0.25, 0.3) is 0 Å². The number of hydrogen-bond acceptors (Lipinski definition) is 9. The van der Waals surface area contributed by atoms with E-state index in [4.69, 9.17) is 0 Å². The van der Waals surface area contributed by atoms with Gasteiger partial charge in [0.2, 0.25) is 0 Å². The highest BCUT2D eigenvalue weighted by Crippen LogP contribution is 1.88. The SMILES string of the molecule is COOOOOOOOS. The van der Waals surface area contributed by atoms with E-state index in [2.05, 4.69) is 52.4 Å². The molecule has 0 spiro atoms. The molecule has 8 nitrogen and oxygen atoms in total. The Hall–Kier alpha value is 0.0300. The molecule has 0 rings (SSSR count). The van der Waals surface area contributed by atoms with Gasteiger partial charge >= 0.3 is 0 Å². The van der Waals surface area contributed by atoms with Gasteiger partial charge in [-0.2, -0.15) is 0 Å². The molecule has 0 aromatic carbocycles. The molecule has 0 atom stereocenters. The van der Waals surface area contributed by atoms with Crippen LogP contribution in [0.3, 0.4) is 0 Å². The van der Waals surface area contributed by atoms with Crippen molar-refractivity contribution >= 4 is 12.9 Å². The largest absolute Gasteiger partial charge is 0.207 e. The summed E-state index contributed by atoms with van der Waals surface area (Å²) in [6, 6.07) is 0. The Morgan fingerprint density at radius 3 is 1.80 bits per heavy atom. The number of rotatable bonds is 7. The Bertz CT molecular complexity index is 49.2. The summed E-state index contributed by atoms with van der Waals surface area (Å²) in [6.45, 7) is 0. The Morgan fingerprint density at radius 2 is 1.30 bits per heavy atom. The molecular formula is CH4O8S. The van der Waals surface area contributed by atoms with E-state index < -0.39 is 0 Å². The van der Waals surface area contributed by atoms with Crippen molar-refractivity contribution in [2.24, 2.45) is 0 Å². The first-order chi connectivity index (χ1) is 4.91. The first-order valence-electron chi connectivity index (χ1n) is 1.76. The fraction of sp³-hybridized carbons (Fsp3) is 1.00. The molecule has 0 aliphatic heterocycles. The molecule has 0 saturated carbocycles. The van der Waals surface area contributed by atoms with Gasteiger partial charge in [0, 0.05) is 12.9 Å². The molecule has 0 aromatic rings. The average Bonchev–Trinajstić information content (AvgIpc) is 1.97. The molecule has 0 amide bonds. The lowest BCUT2D eigenvalue weighted by Crippen LogP contribution is -1.98. The molecule has 0 fully saturated rings. The molecule has 0 aliphatic carbocycles. The zero-order valence-corrected chi connectivity index (χ0v) is 5.61. The van der Waals surface area contributed by atoms with E-state index in [1.807, 2.05) is 0 Å². The van der Waals surface area contributed by atoms with Gasteiger partial charge in [0.05, 0.1) is 7.11 Å². The van der Waals surface area contributed by atoms with Gasteiger partial charge in [0.25, 0.3) is 0 Å². The van der Waals surface area contributed by atoms with E-state index in [-0.39, 0.29) is 0 Å². The van der Waals surface area contributed by atoms with Crippen LogP contribution < -0.4 is 0 Å². The number of thiol groups is 1. The molecule has 0 heterocycles. The van der Waals surface area contributed by atoms with Gasteiger partial charge in [-0.3, -0.25) is 0 Å². The predicted octanol–water partition coefficient (Wildman–Crippen LogP) is -0.00120. The van der Waals surface area contributed by atoms with Gasteiger partial charge in [-0.25, -0.2) is 4.89 Å². The normalized spacial score (nSPS) is 10.2. The fourth-order valence-electron chi connectivity index (χ4n) is 0.0856. The Morgan fingerprint density at radius 1 is 0.800 bits per heavy atom. The summed E-state index contributed by atoms with van der Waals surface area (Å²) in [5, 5.41) is 21.5. The standard InChI is InChI=1S/CH4O8S/c1-2-3-4-5-6-7-8-9-10/h10H,1H3. The van der Waals surface area contributed by atoms with Crippen molar-refractivity contribution < 1.29 is 39.5 Å². The van der Waals surface area contributed by atoms with E-state index in [9.17, 15) is 0 Å². The smallest absolute Gasteiger partial charge is 0.0745 e. The molecule has 9 heteroatoms. The minimum atomic E-state index is 1.18. The van der Waals surface area contributed by atoms with Crippen LogP contribution in [0, 0.1) is 0 Å². The van der Waals surface area contributed by atoms with Gasteiger partial charge in [-0.05, 0) is 30.2 Å². The van der Waals surface area contributed by atoms with E-state index in [1.165, 1.54) is 7.11 Å². The second-order valence-corrected chi connectivity index (χ2v) is 0.799. The van der Waals surface area contributed by atoms with Crippen molar-refractivity contribution in [3.8, 4) is 0 Å². The third-order valence-electron chi connectivity index (χ3n) is 0.237. The summed E-state index contributed by atoms with van der Waals surface area (Å²) in [6.07, 6.45) is 0. The zero-order chi connectivity index (χ0) is 7.66. The summed E-state index contributed by atoms with van der Waals surface area (Å²) >= 11 is 3.08. The molecule has 0 radical (unpaired) electrons. The first-order valence-corrected chi connectivity index (χ1v) is 2.12. The molecule has 0 saturated heterocycles. The highest BCUT2D eigenvalue weighted by Gasteiger charge is 1.90. The lowest BCUT2D eigenvalue weighted by atomic mass is 11.8. The number of hydrogen-bond donors (Lipinski definition) is 1. The topological polar surface area (TPSA) is 73.8 Å². The summed E-state index contributed by atoms with van der Waals surface area (Å²) in [7, 11) is 1.18. The van der Waals surface area contributed by atoms with Crippen LogP contribution in [0.15, 0.2) is 0 Å². The summed E-state index contributed by atoms with van der Waals surface area (Å²) < 4.78 is 3.59. The monoisotopic (exact) mass is 176 g/mol. The van der Waals surface area contributed by atoms with E-state index >= 15 is 0 Å². The predicted molar refractivity (Wildman–Crippen MR) is 23.6 cm³/mol. The Balaban J connectivity index is 2.65. The highest BCUT2D eigenvalue weighted by atomic mass is 32.1. The van der Waals surface area contributed by atoms with Crippen LogP contribution in [0.4, 0.5) is 0 Å². The average molecular weight is 176 g/mol. The molecule has 0 bridgehead atoms. The third-order valence-corrected chi connectivity index (χ3v) is 0.298. The summed E-state index contributed by atoms with van der Waals surface area (Å²) in [4.78, 5) is 3.88. The third kappa shape index (κ3) is 8.03. The van der Waals surface area contributed by atoms with Crippen LogP contribution in [0.5, 0.6) is 0 Å². The molecule has 0 aromatic heterocycles. The van der Waals surface area contributed by atoms with Crippen LogP contribution in [0.1, 0.15) is 0 Å². The maximum absolute atomic E-state index is 3.88. The quantitative estimate of drug-likeness (QED) is 0.191. The van der Waals surface area contributed by atoms with Gasteiger partial charge in [0.15, 0.2) is 0 Å². The van der Waals surface area contributed by atoms with Crippen molar-refractivity contribution in [1.29, 1.82) is 0 Å². The lowest BCUT2D eigenvalue weighted by Gasteiger charge is -1.94. The fourth-order valence-corrected chi connectivity index (χ4v) is 0.110. The molecule has 0 aliphatic rings. The van der Waals surface area contributed by atoms with E-state index in [1.54, 1.807) is 0 Å². The Labute approximate surface area is 60.5 Å². The van der Waals surface area contributed by atoms with E-state index in [0.717, 1.165) is 0 Å². The first kappa shape index (κ1) is 10.0. The van der Waals surface area contributed by atoms with Gasteiger partial charge in [-0.1, -0.05) is 0 Å². The molecule has 10 heavy (non-hydrogen) atoms. The van der Waals surface area contributed by atoms with Crippen molar-refractivity contribution in [3.05, 3.63) is 0 Å². The van der Waals surface area contributed by atoms with Crippen LogP contribution in [-0.2, 0) is 39.5 Å². The van der Waals surface area contributed by atoms with Crippen molar-refractivity contribution in [2.75, 3.05) is 7.11 Å². The highest BCUT2D eigenvalue weighted by molar-refractivity contribution is 7.74. The van der Waals surface area contributed by atoms with Gasteiger partial charge in [0.1, 0.15) is 0 Å². The van der Waals surface area contributed by atoms with Crippen molar-refractivity contribution in [2.45, 2.75) is 0 Å². The minimum Gasteiger partial charge on any atom is -0.207 e. The maximum atomic E-state index is 3.88. The second kappa shape index (κ2) is 9.03. The van der Waals surface area contributed by atoms with E-state index in [0.29, 0.717) is 0 Å². The van der Waals surface area contributed by atoms with Crippen LogP contribution >= 0.6 is 12.9 Å². The summed E-state index contributed by atoms with van der Waals surface area (Å²) in [5.41, 5.74) is 0. The lowest BCUT2D eigenvalue weighted by molar-refractivity contribution is -0.806. The molecule has 62 valence electrons. The Kier molecular flexibility index (Phi) is 9.06. The minimum absolute atomic E-state index is 1.18. The van der Waals surface area contributed by atoms with Gasteiger partial charge in [-0.15, -0.1) is 4.33 Å². The maximum Gasteiger partial charge on any atom is 0.0745 e. The molecular weight excluding hydrogens is 172 g/mol. The molecule has 0 N–H and O–H groups in total. The second-order valence-electron chi connectivity index (χ2n) is 0.649. The van der Waals surface area contributed by atoms with Crippen LogP contribution in [-0.4, -0.2) is 7.11 Å². The molecule has 0 unspecified atom stereocenters. The van der Waals surface area contributed by atoms with Crippen LogP contribution in [0.2, 0.25) is 0 Å². The van der Waals surface area contributed by atoms with Gasteiger partial charge < -0.3 is 0 Å².